The van der Waals surface area contributed by atoms with Gasteiger partial charge in [0.05, 0.1) is 20.1 Å². The van der Waals surface area contributed by atoms with Gasteiger partial charge in [-0.1, -0.05) is 24.3 Å². The van der Waals surface area contributed by atoms with E-state index < -0.39 is 0 Å². The minimum absolute atomic E-state index is 0.108. The second-order valence-electron chi connectivity index (χ2n) is 4.53. The average Bonchev–Trinajstić information content (AvgIpc) is 2.78. The normalized spacial score (nSPS) is 17.3. The van der Waals surface area contributed by atoms with Crippen molar-refractivity contribution in [1.29, 1.82) is 0 Å². The van der Waals surface area contributed by atoms with Crippen LogP contribution in [0, 0.1) is 0 Å². The van der Waals surface area contributed by atoms with Gasteiger partial charge in [-0.05, 0) is 22.9 Å². The molecule has 1 aliphatic rings. The van der Waals surface area contributed by atoms with Crippen LogP contribution in [0.1, 0.15) is 17.9 Å². The Kier molecular flexibility index (Phi) is 2.67. The number of rotatable bonds is 2. The minimum atomic E-state index is -0.190. The van der Waals surface area contributed by atoms with Gasteiger partial charge in [-0.15, -0.1) is 0 Å². The molecule has 0 aromatic heterocycles. The van der Waals surface area contributed by atoms with Gasteiger partial charge in [0.2, 0.25) is 0 Å². The minimum Gasteiger partial charge on any atom is -0.493 e. The predicted molar refractivity (Wildman–Crippen MR) is 68.8 cm³/mol. The maximum Gasteiger partial charge on any atom is 0.306 e. The SMILES string of the molecule is COC(=O)C[C@H]1COc2cc3ccccc3cc21. The summed E-state index contributed by atoms with van der Waals surface area (Å²) < 4.78 is 10.4. The zero-order valence-corrected chi connectivity index (χ0v) is 10.2. The van der Waals surface area contributed by atoms with E-state index in [1.807, 2.05) is 18.2 Å². The fraction of sp³-hybridized carbons (Fsp3) is 0.267. The highest BCUT2D eigenvalue weighted by Gasteiger charge is 2.27. The molecule has 0 aliphatic carbocycles. The molecule has 0 bridgehead atoms. The summed E-state index contributed by atoms with van der Waals surface area (Å²) in [6, 6.07) is 12.3. The monoisotopic (exact) mass is 242 g/mol. The lowest BCUT2D eigenvalue weighted by Crippen LogP contribution is -2.09. The first-order valence-corrected chi connectivity index (χ1v) is 6.00. The van der Waals surface area contributed by atoms with E-state index in [2.05, 4.69) is 18.2 Å². The van der Waals surface area contributed by atoms with E-state index in [1.54, 1.807) is 0 Å². The van der Waals surface area contributed by atoms with Gasteiger partial charge in [0.25, 0.3) is 0 Å². The van der Waals surface area contributed by atoms with Crippen molar-refractivity contribution in [2.24, 2.45) is 0 Å². The maximum atomic E-state index is 11.4. The molecule has 0 fully saturated rings. The van der Waals surface area contributed by atoms with Crippen LogP contribution >= 0.6 is 0 Å². The molecule has 0 amide bonds. The molecule has 3 nitrogen and oxygen atoms in total. The number of hydrogen-bond acceptors (Lipinski definition) is 3. The summed E-state index contributed by atoms with van der Waals surface area (Å²) in [6.45, 7) is 0.556. The molecule has 18 heavy (non-hydrogen) atoms. The number of methoxy groups -OCH3 is 1. The van der Waals surface area contributed by atoms with Crippen molar-refractivity contribution in [3.05, 3.63) is 42.0 Å². The summed E-state index contributed by atoms with van der Waals surface area (Å²) in [5.74, 6) is 0.810. The van der Waals surface area contributed by atoms with E-state index in [-0.39, 0.29) is 11.9 Å². The van der Waals surface area contributed by atoms with Crippen molar-refractivity contribution in [2.75, 3.05) is 13.7 Å². The molecule has 2 aromatic rings. The largest absolute Gasteiger partial charge is 0.493 e. The number of benzene rings is 2. The molecule has 0 unspecified atom stereocenters. The molecule has 0 spiro atoms. The topological polar surface area (TPSA) is 35.5 Å². The van der Waals surface area contributed by atoms with Crippen molar-refractivity contribution >= 4 is 16.7 Å². The van der Waals surface area contributed by atoms with Gasteiger partial charge >= 0.3 is 5.97 Å². The lowest BCUT2D eigenvalue weighted by atomic mass is 9.95. The summed E-state index contributed by atoms with van der Waals surface area (Å²) in [5, 5.41) is 2.34. The molecule has 0 saturated heterocycles. The van der Waals surface area contributed by atoms with Crippen LogP contribution in [0.3, 0.4) is 0 Å². The number of esters is 1. The third-order valence-corrected chi connectivity index (χ3v) is 3.40. The van der Waals surface area contributed by atoms with Crippen LogP contribution in [0.15, 0.2) is 36.4 Å². The molecule has 1 aliphatic heterocycles. The molecule has 3 rings (SSSR count). The van der Waals surface area contributed by atoms with Gasteiger partial charge in [0.15, 0.2) is 0 Å². The van der Waals surface area contributed by atoms with E-state index in [9.17, 15) is 4.79 Å². The van der Waals surface area contributed by atoms with Crippen molar-refractivity contribution in [1.82, 2.24) is 0 Å². The Balaban J connectivity index is 2.00. The Morgan fingerprint density at radius 2 is 2.06 bits per heavy atom. The van der Waals surface area contributed by atoms with Crippen LogP contribution in [0.25, 0.3) is 10.8 Å². The standard InChI is InChI=1S/C15H14O3/c1-17-15(16)8-12-9-18-14-7-11-5-3-2-4-10(11)6-13(12)14/h2-7,12H,8-9H2,1H3/t12-/m0/s1. The Hall–Kier alpha value is -2.03. The van der Waals surface area contributed by atoms with E-state index in [0.29, 0.717) is 13.0 Å². The smallest absolute Gasteiger partial charge is 0.306 e. The molecule has 92 valence electrons. The second-order valence-corrected chi connectivity index (χ2v) is 4.53. The first-order valence-electron chi connectivity index (χ1n) is 6.00. The summed E-state index contributed by atoms with van der Waals surface area (Å²) in [5.41, 5.74) is 1.11. The average molecular weight is 242 g/mol. The van der Waals surface area contributed by atoms with Crippen molar-refractivity contribution in [3.8, 4) is 5.75 Å². The fourth-order valence-corrected chi connectivity index (χ4v) is 2.41. The van der Waals surface area contributed by atoms with Crippen LogP contribution in [-0.4, -0.2) is 19.7 Å². The third kappa shape index (κ3) is 1.82. The Morgan fingerprint density at radius 1 is 1.33 bits per heavy atom. The lowest BCUT2D eigenvalue weighted by Gasteiger charge is -2.07. The van der Waals surface area contributed by atoms with Gasteiger partial charge in [0.1, 0.15) is 5.75 Å². The predicted octanol–water partition coefficient (Wildman–Crippen LogP) is 2.88. The van der Waals surface area contributed by atoms with Gasteiger partial charge in [-0.2, -0.15) is 0 Å². The summed E-state index contributed by atoms with van der Waals surface area (Å²) in [4.78, 5) is 11.4. The number of ether oxygens (including phenoxy) is 2. The van der Waals surface area contributed by atoms with Gasteiger partial charge in [0, 0.05) is 11.5 Å². The first-order chi connectivity index (χ1) is 8.78. The highest BCUT2D eigenvalue weighted by molar-refractivity contribution is 5.85. The van der Waals surface area contributed by atoms with Crippen molar-refractivity contribution in [3.63, 3.8) is 0 Å². The number of fused-ring (bicyclic) bond motifs is 2. The molecule has 1 heterocycles. The maximum absolute atomic E-state index is 11.4. The number of hydrogen-bond donors (Lipinski definition) is 0. The van der Waals surface area contributed by atoms with Crippen LogP contribution < -0.4 is 4.74 Å². The molecule has 0 N–H and O–H groups in total. The number of carbonyl (C=O) groups excluding carboxylic acids is 1. The van der Waals surface area contributed by atoms with Crippen LogP contribution in [0.5, 0.6) is 5.75 Å². The van der Waals surface area contributed by atoms with E-state index in [0.717, 1.165) is 16.7 Å². The molecular formula is C15H14O3. The highest BCUT2D eigenvalue weighted by Crippen LogP contribution is 2.38. The zero-order chi connectivity index (χ0) is 12.5. The third-order valence-electron chi connectivity index (χ3n) is 3.40. The first kappa shape index (κ1) is 11.1. The summed E-state index contributed by atoms with van der Waals surface area (Å²) >= 11 is 0. The zero-order valence-electron chi connectivity index (χ0n) is 10.2. The summed E-state index contributed by atoms with van der Waals surface area (Å²) in [6.07, 6.45) is 0.377. The van der Waals surface area contributed by atoms with Crippen molar-refractivity contribution in [2.45, 2.75) is 12.3 Å². The molecular weight excluding hydrogens is 228 g/mol. The van der Waals surface area contributed by atoms with E-state index in [1.165, 1.54) is 12.5 Å². The van der Waals surface area contributed by atoms with Gasteiger partial charge in [-0.3, -0.25) is 4.79 Å². The fourth-order valence-electron chi connectivity index (χ4n) is 2.41. The highest BCUT2D eigenvalue weighted by atomic mass is 16.5. The quantitative estimate of drug-likeness (QED) is 0.760. The number of carbonyl (C=O) groups is 1. The molecule has 0 saturated carbocycles. The Labute approximate surface area is 105 Å². The van der Waals surface area contributed by atoms with E-state index in [4.69, 9.17) is 9.47 Å². The molecule has 3 heteroatoms. The molecule has 1 atom stereocenters. The van der Waals surface area contributed by atoms with Gasteiger partial charge in [-0.25, -0.2) is 0 Å². The lowest BCUT2D eigenvalue weighted by molar-refractivity contribution is -0.141. The molecule has 2 aromatic carbocycles. The van der Waals surface area contributed by atoms with Crippen LogP contribution in [0.2, 0.25) is 0 Å². The Bertz CT molecular complexity index is 604. The second kappa shape index (κ2) is 4.33. The summed E-state index contributed by atoms with van der Waals surface area (Å²) in [7, 11) is 1.42. The van der Waals surface area contributed by atoms with E-state index >= 15 is 0 Å². The van der Waals surface area contributed by atoms with Gasteiger partial charge < -0.3 is 9.47 Å². The van der Waals surface area contributed by atoms with Crippen LogP contribution in [-0.2, 0) is 9.53 Å². The Morgan fingerprint density at radius 3 is 2.78 bits per heavy atom. The van der Waals surface area contributed by atoms with Crippen molar-refractivity contribution < 1.29 is 14.3 Å². The molecule has 0 radical (unpaired) electrons. The van der Waals surface area contributed by atoms with Crippen LogP contribution in [0.4, 0.5) is 0 Å².